The van der Waals surface area contributed by atoms with Gasteiger partial charge in [0.25, 0.3) is 0 Å². The Morgan fingerprint density at radius 3 is 2.55 bits per heavy atom. The number of amides is 2. The minimum absolute atomic E-state index is 0.0335. The van der Waals surface area contributed by atoms with Crippen molar-refractivity contribution in [2.45, 2.75) is 32.2 Å². The van der Waals surface area contributed by atoms with Crippen LogP contribution in [0.3, 0.4) is 0 Å². The van der Waals surface area contributed by atoms with E-state index < -0.39 is 0 Å². The van der Waals surface area contributed by atoms with Crippen molar-refractivity contribution in [2.24, 2.45) is 5.73 Å². The van der Waals surface area contributed by atoms with E-state index in [1.807, 2.05) is 37.3 Å². The molecule has 1 atom stereocenters. The van der Waals surface area contributed by atoms with Crippen LogP contribution in [0, 0.1) is 0 Å². The molecule has 1 aromatic rings. The number of likely N-dealkylation sites (N-methyl/N-ethyl adjacent to an activating group) is 1. The normalized spacial score (nSPS) is 11.8. The minimum atomic E-state index is -0.195. The highest BCUT2D eigenvalue weighted by molar-refractivity contribution is 5.94. The molecular formula is C15H23N3O2. The molecule has 0 radical (unpaired) electrons. The monoisotopic (exact) mass is 277 g/mol. The third-order valence-corrected chi connectivity index (χ3v) is 2.91. The highest BCUT2D eigenvalue weighted by atomic mass is 16.2. The van der Waals surface area contributed by atoms with Gasteiger partial charge in [-0.2, -0.15) is 0 Å². The predicted molar refractivity (Wildman–Crippen MR) is 80.2 cm³/mol. The Kier molecular flexibility index (Phi) is 6.73. The van der Waals surface area contributed by atoms with E-state index in [-0.39, 0.29) is 24.4 Å². The van der Waals surface area contributed by atoms with Crippen LogP contribution in [-0.2, 0) is 9.59 Å². The maximum atomic E-state index is 11.8. The molecule has 0 aliphatic heterocycles. The Morgan fingerprint density at radius 1 is 1.30 bits per heavy atom. The molecule has 1 aromatic carbocycles. The van der Waals surface area contributed by atoms with Crippen molar-refractivity contribution >= 4 is 17.5 Å². The van der Waals surface area contributed by atoms with Gasteiger partial charge in [0.2, 0.25) is 11.8 Å². The van der Waals surface area contributed by atoms with E-state index in [0.717, 1.165) is 18.5 Å². The van der Waals surface area contributed by atoms with Crippen molar-refractivity contribution in [3.05, 3.63) is 30.3 Å². The Morgan fingerprint density at radius 2 is 1.95 bits per heavy atom. The van der Waals surface area contributed by atoms with Gasteiger partial charge in [0, 0.05) is 25.2 Å². The SMILES string of the molecule is CC(N)CCCC(=O)N(C)CC(=O)Nc1ccccc1. The molecule has 1 unspecified atom stereocenters. The van der Waals surface area contributed by atoms with Crippen LogP contribution < -0.4 is 11.1 Å². The van der Waals surface area contributed by atoms with Crippen LogP contribution in [0.4, 0.5) is 5.69 Å². The summed E-state index contributed by atoms with van der Waals surface area (Å²) < 4.78 is 0. The lowest BCUT2D eigenvalue weighted by Crippen LogP contribution is -2.34. The zero-order chi connectivity index (χ0) is 15.0. The number of carbonyl (C=O) groups excluding carboxylic acids is 2. The molecule has 0 spiro atoms. The van der Waals surface area contributed by atoms with Gasteiger partial charge >= 0.3 is 0 Å². The van der Waals surface area contributed by atoms with Crippen molar-refractivity contribution in [3.8, 4) is 0 Å². The summed E-state index contributed by atoms with van der Waals surface area (Å²) in [4.78, 5) is 25.0. The fraction of sp³-hybridized carbons (Fsp3) is 0.467. The minimum Gasteiger partial charge on any atom is -0.336 e. The summed E-state index contributed by atoms with van der Waals surface area (Å²) in [5.41, 5.74) is 6.36. The van der Waals surface area contributed by atoms with E-state index in [1.54, 1.807) is 7.05 Å². The van der Waals surface area contributed by atoms with Crippen molar-refractivity contribution in [3.63, 3.8) is 0 Å². The van der Waals surface area contributed by atoms with E-state index in [1.165, 1.54) is 4.90 Å². The third-order valence-electron chi connectivity index (χ3n) is 2.91. The van der Waals surface area contributed by atoms with E-state index in [4.69, 9.17) is 5.73 Å². The average Bonchev–Trinajstić information content (AvgIpc) is 2.39. The fourth-order valence-electron chi connectivity index (χ4n) is 1.79. The maximum absolute atomic E-state index is 11.8. The lowest BCUT2D eigenvalue weighted by atomic mass is 10.1. The number of hydrogen-bond donors (Lipinski definition) is 2. The number of nitrogens with one attached hydrogen (secondary N) is 1. The number of anilines is 1. The summed E-state index contributed by atoms with van der Waals surface area (Å²) in [5.74, 6) is -0.229. The first-order valence-electron chi connectivity index (χ1n) is 6.83. The molecule has 0 saturated heterocycles. The Labute approximate surface area is 120 Å². The van der Waals surface area contributed by atoms with Crippen molar-refractivity contribution in [2.75, 3.05) is 18.9 Å². The van der Waals surface area contributed by atoms with Gasteiger partial charge in [0.1, 0.15) is 0 Å². The van der Waals surface area contributed by atoms with E-state index >= 15 is 0 Å². The summed E-state index contributed by atoms with van der Waals surface area (Å²) in [6.07, 6.45) is 1.99. The molecule has 5 heteroatoms. The lowest BCUT2D eigenvalue weighted by Gasteiger charge is -2.17. The van der Waals surface area contributed by atoms with Crippen LogP contribution >= 0.6 is 0 Å². The number of carbonyl (C=O) groups is 2. The van der Waals surface area contributed by atoms with E-state index in [2.05, 4.69) is 5.32 Å². The topological polar surface area (TPSA) is 75.4 Å². The third kappa shape index (κ3) is 6.33. The van der Waals surface area contributed by atoms with Gasteiger partial charge in [0.05, 0.1) is 6.54 Å². The van der Waals surface area contributed by atoms with Crippen molar-refractivity contribution in [1.29, 1.82) is 0 Å². The summed E-state index contributed by atoms with van der Waals surface area (Å²) in [6.45, 7) is 1.98. The second kappa shape index (κ2) is 8.32. The molecular weight excluding hydrogens is 254 g/mol. The molecule has 110 valence electrons. The maximum Gasteiger partial charge on any atom is 0.243 e. The molecule has 2 amide bonds. The standard InChI is InChI=1S/C15H23N3O2/c1-12(16)7-6-10-15(20)18(2)11-14(19)17-13-8-4-3-5-9-13/h3-5,8-9,12H,6-7,10-11,16H2,1-2H3,(H,17,19). The van der Waals surface area contributed by atoms with E-state index in [9.17, 15) is 9.59 Å². The number of rotatable bonds is 7. The number of para-hydroxylation sites is 1. The van der Waals surface area contributed by atoms with Gasteiger partial charge in [-0.25, -0.2) is 0 Å². The van der Waals surface area contributed by atoms with Crippen LogP contribution in [0.2, 0.25) is 0 Å². The first-order chi connectivity index (χ1) is 9.49. The molecule has 1 rings (SSSR count). The summed E-state index contributed by atoms with van der Waals surface area (Å²) in [7, 11) is 1.64. The van der Waals surface area contributed by atoms with Gasteiger partial charge in [-0.15, -0.1) is 0 Å². The van der Waals surface area contributed by atoms with Crippen molar-refractivity contribution < 1.29 is 9.59 Å². The summed E-state index contributed by atoms with van der Waals surface area (Å²) >= 11 is 0. The van der Waals surface area contributed by atoms with Crippen molar-refractivity contribution in [1.82, 2.24) is 4.90 Å². The zero-order valence-corrected chi connectivity index (χ0v) is 12.1. The Bertz CT molecular complexity index is 432. The predicted octanol–water partition coefficient (Wildman–Crippen LogP) is 1.60. The number of hydrogen-bond acceptors (Lipinski definition) is 3. The zero-order valence-electron chi connectivity index (χ0n) is 12.1. The quantitative estimate of drug-likeness (QED) is 0.795. The molecule has 0 aliphatic carbocycles. The van der Waals surface area contributed by atoms with E-state index in [0.29, 0.717) is 6.42 Å². The summed E-state index contributed by atoms with van der Waals surface area (Å²) in [6, 6.07) is 9.29. The average molecular weight is 277 g/mol. The largest absolute Gasteiger partial charge is 0.336 e. The van der Waals surface area contributed by atoms with Gasteiger partial charge < -0.3 is 16.0 Å². The molecule has 0 fully saturated rings. The smallest absolute Gasteiger partial charge is 0.243 e. The number of benzene rings is 1. The molecule has 5 nitrogen and oxygen atoms in total. The van der Waals surface area contributed by atoms with Gasteiger partial charge in [-0.1, -0.05) is 18.2 Å². The Balaban J connectivity index is 2.32. The molecule has 0 aliphatic rings. The van der Waals surface area contributed by atoms with Crippen LogP contribution in [0.15, 0.2) is 30.3 Å². The molecule has 0 bridgehead atoms. The number of nitrogens with zero attached hydrogens (tertiary/aromatic N) is 1. The second-order valence-electron chi connectivity index (χ2n) is 5.03. The van der Waals surface area contributed by atoms with Crippen LogP contribution in [0.1, 0.15) is 26.2 Å². The lowest BCUT2D eigenvalue weighted by molar-refractivity contribution is -0.133. The van der Waals surface area contributed by atoms with Gasteiger partial charge in [-0.05, 0) is 31.9 Å². The number of nitrogens with two attached hydrogens (primary N) is 1. The van der Waals surface area contributed by atoms with Crippen LogP contribution in [-0.4, -0.2) is 36.3 Å². The fourth-order valence-corrected chi connectivity index (χ4v) is 1.79. The molecule has 0 heterocycles. The molecule has 0 saturated carbocycles. The van der Waals surface area contributed by atoms with Gasteiger partial charge in [-0.3, -0.25) is 9.59 Å². The Hall–Kier alpha value is -1.88. The highest BCUT2D eigenvalue weighted by Gasteiger charge is 2.12. The first-order valence-corrected chi connectivity index (χ1v) is 6.83. The molecule has 3 N–H and O–H groups in total. The first kappa shape index (κ1) is 16.2. The molecule has 20 heavy (non-hydrogen) atoms. The molecule has 0 aromatic heterocycles. The summed E-state index contributed by atoms with van der Waals surface area (Å²) in [5, 5.41) is 2.75. The van der Waals surface area contributed by atoms with Crippen LogP contribution in [0.5, 0.6) is 0 Å². The second-order valence-corrected chi connectivity index (χ2v) is 5.03. The highest BCUT2D eigenvalue weighted by Crippen LogP contribution is 2.05. The van der Waals surface area contributed by atoms with Crippen LogP contribution in [0.25, 0.3) is 0 Å². The van der Waals surface area contributed by atoms with Gasteiger partial charge in [0.15, 0.2) is 0 Å².